The van der Waals surface area contributed by atoms with Crippen LogP contribution in [0.25, 0.3) is 0 Å². The Morgan fingerprint density at radius 1 is 1.37 bits per heavy atom. The maximum Gasteiger partial charge on any atom is 0.371 e. The zero-order valence-electron chi connectivity index (χ0n) is 11.3. The van der Waals surface area contributed by atoms with E-state index in [1.165, 1.54) is 32.1 Å². The summed E-state index contributed by atoms with van der Waals surface area (Å²) in [6, 6.07) is 4.22. The summed E-state index contributed by atoms with van der Waals surface area (Å²) < 4.78 is 5.46. The average Bonchev–Trinajstić information content (AvgIpc) is 3.05. The van der Waals surface area contributed by atoms with Crippen LogP contribution in [-0.4, -0.2) is 28.6 Å². The molecule has 1 saturated heterocycles. The highest BCUT2D eigenvalue weighted by atomic mass is 16.4. The molecule has 2 heterocycles. The second-order valence-electron chi connectivity index (χ2n) is 5.82. The molecule has 19 heavy (non-hydrogen) atoms. The molecule has 1 aliphatic carbocycles. The Kier molecular flexibility index (Phi) is 3.35. The highest BCUT2D eigenvalue weighted by Crippen LogP contribution is 2.40. The van der Waals surface area contributed by atoms with Crippen LogP contribution < -0.4 is 0 Å². The molecule has 1 aliphatic heterocycles. The first-order valence-corrected chi connectivity index (χ1v) is 7.25. The number of fused-ring (bicyclic) bond motifs is 1. The first-order chi connectivity index (χ1) is 9.16. The van der Waals surface area contributed by atoms with Crippen LogP contribution in [0.4, 0.5) is 0 Å². The van der Waals surface area contributed by atoms with Crippen LogP contribution in [0.3, 0.4) is 0 Å². The van der Waals surface area contributed by atoms with Crippen molar-refractivity contribution in [2.24, 2.45) is 5.92 Å². The van der Waals surface area contributed by atoms with Gasteiger partial charge in [-0.25, -0.2) is 4.79 Å². The Bertz CT molecular complexity index is 468. The Morgan fingerprint density at radius 3 is 2.89 bits per heavy atom. The standard InChI is InChI=1S/C15H21NO3/c1-10(13-6-7-14(19-13)15(17)18)16-9-8-11-4-2-3-5-12(11)16/h6-7,10-12H,2-5,8-9H2,1H3,(H,17,18). The lowest BCUT2D eigenvalue weighted by atomic mass is 9.85. The molecule has 0 aromatic carbocycles. The van der Waals surface area contributed by atoms with Crippen molar-refractivity contribution in [3.8, 4) is 0 Å². The predicted molar refractivity (Wildman–Crippen MR) is 71.2 cm³/mol. The van der Waals surface area contributed by atoms with Gasteiger partial charge in [0.15, 0.2) is 0 Å². The summed E-state index contributed by atoms with van der Waals surface area (Å²) >= 11 is 0. The van der Waals surface area contributed by atoms with E-state index < -0.39 is 5.97 Å². The van der Waals surface area contributed by atoms with Crippen LogP contribution in [0.15, 0.2) is 16.5 Å². The Labute approximate surface area is 113 Å². The summed E-state index contributed by atoms with van der Waals surface area (Å²) in [5.74, 6) is 0.672. The molecule has 1 N–H and O–H groups in total. The number of hydrogen-bond donors (Lipinski definition) is 1. The summed E-state index contributed by atoms with van der Waals surface area (Å²) in [5, 5.41) is 8.93. The molecule has 3 rings (SSSR count). The molecule has 3 unspecified atom stereocenters. The largest absolute Gasteiger partial charge is 0.475 e. The number of hydrogen-bond acceptors (Lipinski definition) is 3. The zero-order chi connectivity index (χ0) is 13.4. The number of furan rings is 1. The second kappa shape index (κ2) is 5.00. The van der Waals surface area contributed by atoms with Crippen molar-refractivity contribution in [3.63, 3.8) is 0 Å². The van der Waals surface area contributed by atoms with E-state index in [9.17, 15) is 4.79 Å². The van der Waals surface area contributed by atoms with Gasteiger partial charge in [-0.15, -0.1) is 0 Å². The molecule has 4 nitrogen and oxygen atoms in total. The lowest BCUT2D eigenvalue weighted by Gasteiger charge is -2.34. The van der Waals surface area contributed by atoms with Gasteiger partial charge in [0, 0.05) is 6.04 Å². The Hall–Kier alpha value is -1.29. The van der Waals surface area contributed by atoms with Crippen molar-refractivity contribution < 1.29 is 14.3 Å². The van der Waals surface area contributed by atoms with Crippen LogP contribution in [-0.2, 0) is 0 Å². The molecule has 2 fully saturated rings. The van der Waals surface area contributed by atoms with Gasteiger partial charge in [0.25, 0.3) is 0 Å². The third kappa shape index (κ3) is 2.29. The van der Waals surface area contributed by atoms with E-state index in [0.29, 0.717) is 6.04 Å². The van der Waals surface area contributed by atoms with Crippen molar-refractivity contribution in [1.29, 1.82) is 0 Å². The number of rotatable bonds is 3. The number of likely N-dealkylation sites (tertiary alicyclic amines) is 1. The van der Waals surface area contributed by atoms with Gasteiger partial charge in [0.1, 0.15) is 5.76 Å². The third-order valence-electron chi connectivity index (χ3n) is 4.80. The van der Waals surface area contributed by atoms with Gasteiger partial charge < -0.3 is 9.52 Å². The quantitative estimate of drug-likeness (QED) is 0.909. The molecule has 2 aliphatic rings. The lowest BCUT2D eigenvalue weighted by Crippen LogP contribution is -2.36. The topological polar surface area (TPSA) is 53.7 Å². The molecule has 1 aromatic heterocycles. The smallest absolute Gasteiger partial charge is 0.371 e. The van der Waals surface area contributed by atoms with Crippen molar-refractivity contribution >= 4 is 5.97 Å². The van der Waals surface area contributed by atoms with Crippen molar-refractivity contribution in [3.05, 3.63) is 23.7 Å². The summed E-state index contributed by atoms with van der Waals surface area (Å²) in [7, 11) is 0. The molecule has 3 atom stereocenters. The van der Waals surface area contributed by atoms with Gasteiger partial charge in [-0.1, -0.05) is 12.8 Å². The number of nitrogens with zero attached hydrogens (tertiary/aromatic N) is 1. The minimum Gasteiger partial charge on any atom is -0.475 e. The average molecular weight is 263 g/mol. The molecular weight excluding hydrogens is 242 g/mol. The number of carboxylic acids is 1. The van der Waals surface area contributed by atoms with E-state index in [-0.39, 0.29) is 11.8 Å². The fraction of sp³-hybridized carbons (Fsp3) is 0.667. The maximum absolute atomic E-state index is 10.9. The molecule has 0 spiro atoms. The molecule has 104 valence electrons. The fourth-order valence-electron chi connectivity index (χ4n) is 3.78. The normalized spacial score (nSPS) is 29.1. The van der Waals surface area contributed by atoms with Crippen molar-refractivity contribution in [2.75, 3.05) is 6.54 Å². The van der Waals surface area contributed by atoms with Crippen LogP contribution >= 0.6 is 0 Å². The zero-order valence-corrected chi connectivity index (χ0v) is 11.3. The number of carbonyl (C=O) groups is 1. The second-order valence-corrected chi connectivity index (χ2v) is 5.82. The van der Waals surface area contributed by atoms with E-state index in [1.54, 1.807) is 6.07 Å². The molecule has 1 saturated carbocycles. The van der Waals surface area contributed by atoms with E-state index in [0.717, 1.165) is 18.2 Å². The van der Waals surface area contributed by atoms with Crippen molar-refractivity contribution in [1.82, 2.24) is 4.90 Å². The van der Waals surface area contributed by atoms with Crippen molar-refractivity contribution in [2.45, 2.75) is 51.1 Å². The maximum atomic E-state index is 10.9. The summed E-state index contributed by atoms with van der Waals surface area (Å²) in [6.07, 6.45) is 6.60. The molecule has 1 aromatic rings. The highest BCUT2D eigenvalue weighted by Gasteiger charge is 2.38. The van der Waals surface area contributed by atoms with Gasteiger partial charge in [0.05, 0.1) is 6.04 Å². The monoisotopic (exact) mass is 263 g/mol. The van der Waals surface area contributed by atoms with Gasteiger partial charge in [0.2, 0.25) is 5.76 Å². The first kappa shape index (κ1) is 12.7. The molecular formula is C15H21NO3. The third-order valence-corrected chi connectivity index (χ3v) is 4.80. The van der Waals surface area contributed by atoms with Crippen LogP contribution in [0, 0.1) is 5.92 Å². The van der Waals surface area contributed by atoms with Gasteiger partial charge in [-0.2, -0.15) is 0 Å². The highest BCUT2D eigenvalue weighted by molar-refractivity contribution is 5.84. The lowest BCUT2D eigenvalue weighted by molar-refractivity contribution is 0.0652. The summed E-state index contributed by atoms with van der Waals surface area (Å²) in [4.78, 5) is 13.4. The van der Waals surface area contributed by atoms with Gasteiger partial charge >= 0.3 is 5.97 Å². The minimum absolute atomic E-state index is 0.0428. The number of aromatic carboxylic acids is 1. The SMILES string of the molecule is CC(c1ccc(C(=O)O)o1)N1CCC2CCCCC21. The Balaban J connectivity index is 1.75. The number of carboxylic acid groups (broad SMARTS) is 1. The van der Waals surface area contributed by atoms with Gasteiger partial charge in [-0.05, 0) is 50.8 Å². The van der Waals surface area contributed by atoms with Crippen LogP contribution in [0.1, 0.15) is 61.4 Å². The summed E-state index contributed by atoms with van der Waals surface area (Å²) in [6.45, 7) is 3.24. The van der Waals surface area contributed by atoms with Crippen LogP contribution in [0.5, 0.6) is 0 Å². The molecule has 0 amide bonds. The minimum atomic E-state index is -0.990. The van der Waals surface area contributed by atoms with E-state index >= 15 is 0 Å². The fourth-order valence-corrected chi connectivity index (χ4v) is 3.78. The van der Waals surface area contributed by atoms with E-state index in [4.69, 9.17) is 9.52 Å². The first-order valence-electron chi connectivity index (χ1n) is 7.25. The van der Waals surface area contributed by atoms with Crippen LogP contribution in [0.2, 0.25) is 0 Å². The molecule has 0 bridgehead atoms. The van der Waals surface area contributed by atoms with E-state index in [1.807, 2.05) is 6.07 Å². The summed E-state index contributed by atoms with van der Waals surface area (Å²) in [5.41, 5.74) is 0. The Morgan fingerprint density at radius 2 is 2.16 bits per heavy atom. The molecule has 4 heteroatoms. The van der Waals surface area contributed by atoms with E-state index in [2.05, 4.69) is 11.8 Å². The van der Waals surface area contributed by atoms with Gasteiger partial charge in [-0.3, -0.25) is 4.90 Å². The predicted octanol–water partition coefficient (Wildman–Crippen LogP) is 3.30. The molecule has 0 radical (unpaired) electrons.